The number of benzene rings is 2. The van der Waals surface area contributed by atoms with Crippen LogP contribution in [0.2, 0.25) is 0 Å². The van der Waals surface area contributed by atoms with Crippen LogP contribution in [0, 0.1) is 11.3 Å². The third-order valence-electron chi connectivity index (χ3n) is 3.80. The van der Waals surface area contributed by atoms with Gasteiger partial charge in [-0.1, -0.05) is 18.2 Å². The number of carbonyl (C=O) groups is 1. The Hall–Kier alpha value is -3.20. The number of para-hydroxylation sites is 2. The average molecular weight is 338 g/mol. The molecule has 1 aliphatic heterocycles. The SMILES string of the molecule is CN(C[C@@H]1COc2ccccc2O1)C(=O)COc1cccc(C#N)c1. The van der Waals surface area contributed by atoms with E-state index in [9.17, 15) is 4.79 Å². The summed E-state index contributed by atoms with van der Waals surface area (Å²) < 4.78 is 17.0. The number of nitriles is 1. The van der Waals surface area contributed by atoms with E-state index in [-0.39, 0.29) is 18.6 Å². The fourth-order valence-corrected chi connectivity index (χ4v) is 2.47. The highest BCUT2D eigenvalue weighted by Crippen LogP contribution is 2.30. The molecule has 1 amide bonds. The number of ether oxygens (including phenoxy) is 3. The minimum Gasteiger partial charge on any atom is -0.486 e. The quantitative estimate of drug-likeness (QED) is 0.836. The molecule has 2 aromatic carbocycles. The van der Waals surface area contributed by atoms with E-state index in [4.69, 9.17) is 19.5 Å². The van der Waals surface area contributed by atoms with Crippen molar-refractivity contribution in [1.82, 2.24) is 4.90 Å². The third kappa shape index (κ3) is 4.21. The molecule has 0 aromatic heterocycles. The lowest BCUT2D eigenvalue weighted by Crippen LogP contribution is -2.43. The van der Waals surface area contributed by atoms with Gasteiger partial charge in [-0.3, -0.25) is 4.79 Å². The summed E-state index contributed by atoms with van der Waals surface area (Å²) in [5.41, 5.74) is 0.490. The van der Waals surface area contributed by atoms with E-state index in [0.29, 0.717) is 36.0 Å². The van der Waals surface area contributed by atoms with Crippen molar-refractivity contribution in [2.75, 3.05) is 26.8 Å². The van der Waals surface area contributed by atoms with Gasteiger partial charge < -0.3 is 19.1 Å². The van der Waals surface area contributed by atoms with Crippen molar-refractivity contribution in [3.05, 3.63) is 54.1 Å². The van der Waals surface area contributed by atoms with E-state index < -0.39 is 0 Å². The molecule has 0 unspecified atom stereocenters. The van der Waals surface area contributed by atoms with E-state index in [1.54, 1.807) is 36.2 Å². The molecule has 0 bridgehead atoms. The molecule has 0 aliphatic carbocycles. The molecule has 1 aliphatic rings. The van der Waals surface area contributed by atoms with Gasteiger partial charge in [-0.15, -0.1) is 0 Å². The summed E-state index contributed by atoms with van der Waals surface area (Å²) in [6.07, 6.45) is -0.231. The molecule has 6 nitrogen and oxygen atoms in total. The van der Waals surface area contributed by atoms with Crippen molar-refractivity contribution in [1.29, 1.82) is 5.26 Å². The molecule has 0 radical (unpaired) electrons. The minimum absolute atomic E-state index is 0.102. The summed E-state index contributed by atoms with van der Waals surface area (Å²) >= 11 is 0. The van der Waals surface area contributed by atoms with E-state index in [1.165, 1.54) is 0 Å². The lowest BCUT2D eigenvalue weighted by molar-refractivity contribution is -0.133. The molecule has 0 spiro atoms. The lowest BCUT2D eigenvalue weighted by Gasteiger charge is -2.29. The largest absolute Gasteiger partial charge is 0.486 e. The zero-order valence-corrected chi connectivity index (χ0v) is 13.8. The predicted molar refractivity (Wildman–Crippen MR) is 90.6 cm³/mol. The number of nitrogens with zero attached hydrogens (tertiary/aromatic N) is 2. The van der Waals surface area contributed by atoms with Crippen molar-refractivity contribution < 1.29 is 19.0 Å². The molecule has 0 saturated carbocycles. The second-order valence-corrected chi connectivity index (χ2v) is 5.70. The minimum atomic E-state index is -0.231. The van der Waals surface area contributed by atoms with Crippen LogP contribution in [0.4, 0.5) is 0 Å². The molecule has 0 fully saturated rings. The van der Waals surface area contributed by atoms with Crippen LogP contribution in [0.1, 0.15) is 5.56 Å². The zero-order chi connectivity index (χ0) is 17.6. The highest BCUT2D eigenvalue weighted by atomic mass is 16.6. The van der Waals surface area contributed by atoms with Crippen molar-refractivity contribution in [3.8, 4) is 23.3 Å². The zero-order valence-electron chi connectivity index (χ0n) is 13.8. The molecule has 6 heteroatoms. The molecule has 1 atom stereocenters. The van der Waals surface area contributed by atoms with Crippen LogP contribution in [-0.4, -0.2) is 43.7 Å². The van der Waals surface area contributed by atoms with Crippen LogP contribution in [0.25, 0.3) is 0 Å². The van der Waals surface area contributed by atoms with Crippen molar-refractivity contribution >= 4 is 5.91 Å². The molecule has 128 valence electrons. The number of rotatable bonds is 5. The van der Waals surface area contributed by atoms with Gasteiger partial charge in [-0.25, -0.2) is 0 Å². The third-order valence-corrected chi connectivity index (χ3v) is 3.80. The van der Waals surface area contributed by atoms with Gasteiger partial charge in [0.05, 0.1) is 18.2 Å². The Kier molecular flexibility index (Phi) is 5.05. The number of carbonyl (C=O) groups excluding carboxylic acids is 1. The summed E-state index contributed by atoms with van der Waals surface area (Å²) in [5.74, 6) is 1.72. The summed E-state index contributed by atoms with van der Waals surface area (Å²) in [6, 6.07) is 16.2. The fourth-order valence-electron chi connectivity index (χ4n) is 2.47. The van der Waals surface area contributed by atoms with E-state index in [1.807, 2.05) is 30.3 Å². The Bertz CT molecular complexity index is 800. The number of amides is 1. The van der Waals surface area contributed by atoms with Gasteiger partial charge in [0.2, 0.25) is 0 Å². The van der Waals surface area contributed by atoms with Gasteiger partial charge in [0, 0.05) is 7.05 Å². The second-order valence-electron chi connectivity index (χ2n) is 5.70. The number of hydrogen-bond donors (Lipinski definition) is 0. The Morgan fingerprint density at radius 2 is 2.08 bits per heavy atom. The topological polar surface area (TPSA) is 71.8 Å². The van der Waals surface area contributed by atoms with Crippen LogP contribution in [0.3, 0.4) is 0 Å². The van der Waals surface area contributed by atoms with Crippen LogP contribution in [-0.2, 0) is 4.79 Å². The molecule has 3 rings (SSSR count). The van der Waals surface area contributed by atoms with E-state index in [2.05, 4.69) is 0 Å². The van der Waals surface area contributed by atoms with E-state index >= 15 is 0 Å². The smallest absolute Gasteiger partial charge is 0.260 e. The van der Waals surface area contributed by atoms with Crippen molar-refractivity contribution in [3.63, 3.8) is 0 Å². The Balaban J connectivity index is 1.50. The van der Waals surface area contributed by atoms with Gasteiger partial charge in [0.15, 0.2) is 24.2 Å². The Morgan fingerprint density at radius 3 is 2.88 bits per heavy atom. The lowest BCUT2D eigenvalue weighted by atomic mass is 10.2. The number of likely N-dealkylation sites (N-methyl/N-ethyl adjacent to an activating group) is 1. The van der Waals surface area contributed by atoms with Gasteiger partial charge in [-0.2, -0.15) is 5.26 Å². The maximum Gasteiger partial charge on any atom is 0.260 e. The summed E-state index contributed by atoms with van der Waals surface area (Å²) in [5, 5.41) is 8.87. The van der Waals surface area contributed by atoms with Crippen LogP contribution < -0.4 is 14.2 Å². The first kappa shape index (κ1) is 16.7. The fraction of sp³-hybridized carbons (Fsp3) is 0.263. The number of hydrogen-bond acceptors (Lipinski definition) is 5. The standard InChI is InChI=1S/C19H18N2O4/c1-21(11-16-12-24-17-7-2-3-8-18(17)25-16)19(22)13-23-15-6-4-5-14(9-15)10-20/h2-9,16H,11-13H2,1H3/t16-/m1/s1. The molecule has 25 heavy (non-hydrogen) atoms. The van der Waals surface area contributed by atoms with Crippen molar-refractivity contribution in [2.45, 2.75) is 6.10 Å². The highest BCUT2D eigenvalue weighted by molar-refractivity contribution is 5.77. The first-order valence-electron chi connectivity index (χ1n) is 7.91. The summed E-state index contributed by atoms with van der Waals surface area (Å²) in [7, 11) is 1.70. The Labute approximate surface area is 146 Å². The van der Waals surface area contributed by atoms with Gasteiger partial charge >= 0.3 is 0 Å². The first-order chi connectivity index (χ1) is 12.2. The maximum atomic E-state index is 12.2. The van der Waals surface area contributed by atoms with E-state index in [0.717, 1.165) is 0 Å². The molecule has 0 N–H and O–H groups in total. The normalized spacial score (nSPS) is 15.1. The Morgan fingerprint density at radius 1 is 1.28 bits per heavy atom. The second kappa shape index (κ2) is 7.58. The van der Waals surface area contributed by atoms with Crippen LogP contribution in [0.15, 0.2) is 48.5 Å². The van der Waals surface area contributed by atoms with Gasteiger partial charge in [0.25, 0.3) is 5.91 Å². The highest BCUT2D eigenvalue weighted by Gasteiger charge is 2.23. The average Bonchev–Trinajstić information content (AvgIpc) is 2.66. The van der Waals surface area contributed by atoms with Crippen LogP contribution >= 0.6 is 0 Å². The van der Waals surface area contributed by atoms with Crippen LogP contribution in [0.5, 0.6) is 17.2 Å². The molecular formula is C19H18N2O4. The first-order valence-corrected chi connectivity index (χ1v) is 7.91. The summed E-state index contributed by atoms with van der Waals surface area (Å²) in [4.78, 5) is 13.8. The molecule has 1 heterocycles. The van der Waals surface area contributed by atoms with Gasteiger partial charge in [-0.05, 0) is 30.3 Å². The summed E-state index contributed by atoms with van der Waals surface area (Å²) in [6.45, 7) is 0.685. The van der Waals surface area contributed by atoms with Gasteiger partial charge in [0.1, 0.15) is 12.4 Å². The molecule has 0 saturated heterocycles. The van der Waals surface area contributed by atoms with Crippen molar-refractivity contribution in [2.24, 2.45) is 0 Å². The maximum absolute atomic E-state index is 12.2. The molecule has 2 aromatic rings. The number of fused-ring (bicyclic) bond motifs is 1. The monoisotopic (exact) mass is 338 g/mol. The predicted octanol–water partition coefficient (Wildman–Crippen LogP) is 2.24. The molecular weight excluding hydrogens is 320 g/mol.